The second-order valence-corrected chi connectivity index (χ2v) is 10.1. The molecule has 3 aromatic rings. The van der Waals surface area contributed by atoms with Gasteiger partial charge in [0.1, 0.15) is 37.1 Å². The number of phosphoric acid groups is 1. The highest BCUT2D eigenvalue weighted by Gasteiger charge is 2.43. The highest BCUT2D eigenvalue weighted by molar-refractivity contribution is 7.47. The standard InChI is InChI=1S/C19H24N9O10P/c1-21-18-23-7-28(19(32)26-18)13-3-9(10(4-29)36-13)38-39(33,34)35-5-11-8(30)2-12(37-11)27-6-22-14-15(27)24-17(20)25-16(14)31/h6-13,29-30H,1-5H2,(H,33,34)(H3,20,24,25,31)/t8?,9?,10-,11-,12-,13?/m1/s1. The summed E-state index contributed by atoms with van der Waals surface area (Å²) in [5.74, 6) is -0.267. The van der Waals surface area contributed by atoms with Gasteiger partial charge in [0.05, 0.1) is 25.6 Å². The molecule has 2 aliphatic heterocycles. The maximum atomic E-state index is 12.7. The van der Waals surface area contributed by atoms with Gasteiger partial charge in [-0.2, -0.15) is 9.97 Å². The van der Waals surface area contributed by atoms with Gasteiger partial charge in [-0.05, 0) is 6.72 Å². The van der Waals surface area contributed by atoms with Crippen LogP contribution in [0.15, 0.2) is 27.2 Å². The lowest BCUT2D eigenvalue weighted by Crippen LogP contribution is -2.29. The molecule has 2 saturated heterocycles. The van der Waals surface area contributed by atoms with Crippen LogP contribution in [0.3, 0.4) is 0 Å². The molecule has 0 aromatic carbocycles. The van der Waals surface area contributed by atoms with Gasteiger partial charge in [-0.25, -0.2) is 24.3 Å². The summed E-state index contributed by atoms with van der Waals surface area (Å²) >= 11 is 0. The highest BCUT2D eigenvalue weighted by atomic mass is 31.2. The third kappa shape index (κ3) is 5.52. The molecule has 19 nitrogen and oxygen atoms in total. The van der Waals surface area contributed by atoms with E-state index in [0.29, 0.717) is 0 Å². The Morgan fingerprint density at radius 1 is 1.18 bits per heavy atom. The summed E-state index contributed by atoms with van der Waals surface area (Å²) in [5.41, 5.74) is 4.46. The van der Waals surface area contributed by atoms with Crippen molar-refractivity contribution in [3.05, 3.63) is 33.5 Å². The number of hydrogen-bond acceptors (Lipinski definition) is 15. The summed E-state index contributed by atoms with van der Waals surface area (Å²) in [6.07, 6.45) is -3.86. The normalized spacial score (nSPS) is 28.6. The van der Waals surface area contributed by atoms with E-state index in [2.05, 4.69) is 36.6 Å². The van der Waals surface area contributed by atoms with Crippen LogP contribution in [0.4, 0.5) is 11.9 Å². The first-order valence-corrected chi connectivity index (χ1v) is 13.0. The molecule has 2 fully saturated rings. The van der Waals surface area contributed by atoms with Crippen LogP contribution < -0.4 is 17.0 Å². The number of nitrogens with one attached hydrogen (secondary N) is 1. The van der Waals surface area contributed by atoms with Gasteiger partial charge in [-0.1, -0.05) is 0 Å². The van der Waals surface area contributed by atoms with Crippen LogP contribution in [0.1, 0.15) is 25.3 Å². The highest BCUT2D eigenvalue weighted by Crippen LogP contribution is 2.49. The van der Waals surface area contributed by atoms with Gasteiger partial charge >= 0.3 is 13.5 Å². The van der Waals surface area contributed by atoms with Crippen molar-refractivity contribution in [1.82, 2.24) is 34.1 Å². The summed E-state index contributed by atoms with van der Waals surface area (Å²) in [7, 11) is -4.76. The van der Waals surface area contributed by atoms with Crippen molar-refractivity contribution in [3.8, 4) is 0 Å². The zero-order valence-corrected chi connectivity index (χ0v) is 20.9. The molecule has 39 heavy (non-hydrogen) atoms. The molecule has 5 rings (SSSR count). The van der Waals surface area contributed by atoms with E-state index in [1.165, 1.54) is 10.9 Å². The van der Waals surface area contributed by atoms with Crippen LogP contribution in [0, 0.1) is 0 Å². The molecule has 3 aromatic heterocycles. The van der Waals surface area contributed by atoms with E-state index in [1.807, 2.05) is 0 Å². The first-order chi connectivity index (χ1) is 18.6. The Balaban J connectivity index is 1.22. The van der Waals surface area contributed by atoms with Gasteiger partial charge in [-0.3, -0.25) is 28.0 Å². The molecule has 5 heterocycles. The predicted octanol–water partition coefficient (Wildman–Crippen LogP) is -1.88. The molecule has 6 N–H and O–H groups in total. The van der Waals surface area contributed by atoms with Crippen LogP contribution in [0.25, 0.3) is 11.2 Å². The van der Waals surface area contributed by atoms with Gasteiger partial charge in [0.15, 0.2) is 11.2 Å². The van der Waals surface area contributed by atoms with Crippen molar-refractivity contribution >= 4 is 37.6 Å². The van der Waals surface area contributed by atoms with Crippen molar-refractivity contribution < 1.29 is 38.2 Å². The second-order valence-electron chi connectivity index (χ2n) is 8.67. The number of nitrogen functional groups attached to an aromatic ring is 1. The number of aliphatic imine (C=N–C) groups is 1. The quantitative estimate of drug-likeness (QED) is 0.139. The number of fused-ring (bicyclic) bond motifs is 1. The summed E-state index contributed by atoms with van der Waals surface area (Å²) in [6.45, 7) is 2.10. The first kappa shape index (κ1) is 27.2. The smallest absolute Gasteiger partial charge is 0.394 e. The van der Waals surface area contributed by atoms with Crippen molar-refractivity contribution in [2.24, 2.45) is 4.99 Å². The summed E-state index contributed by atoms with van der Waals surface area (Å²) in [4.78, 5) is 55.8. The molecule has 210 valence electrons. The van der Waals surface area contributed by atoms with E-state index in [4.69, 9.17) is 24.3 Å². The first-order valence-electron chi connectivity index (χ1n) is 11.5. The lowest BCUT2D eigenvalue weighted by Gasteiger charge is -2.21. The third-order valence-electron chi connectivity index (χ3n) is 6.16. The Bertz CT molecular complexity index is 1540. The molecule has 0 radical (unpaired) electrons. The zero-order valence-electron chi connectivity index (χ0n) is 20.0. The molecule has 7 atom stereocenters. The number of hydrogen-bond donors (Lipinski definition) is 5. The molecule has 4 unspecified atom stereocenters. The van der Waals surface area contributed by atoms with E-state index in [0.717, 1.165) is 10.9 Å². The summed E-state index contributed by atoms with van der Waals surface area (Å²) in [6, 6.07) is 0. The number of ether oxygens (including phenoxy) is 2. The van der Waals surface area contributed by atoms with Crippen molar-refractivity contribution in [3.63, 3.8) is 0 Å². The Hall–Kier alpha value is -3.42. The maximum Gasteiger partial charge on any atom is 0.472 e. The minimum atomic E-state index is -4.76. The Kier molecular flexibility index (Phi) is 7.40. The number of aliphatic hydroxyl groups excluding tert-OH is 2. The number of anilines is 1. The van der Waals surface area contributed by atoms with Crippen LogP contribution in [0.2, 0.25) is 0 Å². The van der Waals surface area contributed by atoms with Crippen molar-refractivity contribution in [2.45, 2.75) is 49.7 Å². The lowest BCUT2D eigenvalue weighted by molar-refractivity contribution is -0.0565. The van der Waals surface area contributed by atoms with Crippen molar-refractivity contribution in [1.29, 1.82) is 0 Å². The number of nitrogens with zero attached hydrogens (tertiary/aromatic N) is 7. The molecular weight excluding hydrogens is 545 g/mol. The van der Waals surface area contributed by atoms with Crippen LogP contribution >= 0.6 is 7.82 Å². The number of aromatic amines is 1. The third-order valence-corrected chi connectivity index (χ3v) is 7.17. The zero-order chi connectivity index (χ0) is 27.9. The fraction of sp³-hybridized carbons (Fsp3) is 0.526. The molecule has 0 saturated carbocycles. The van der Waals surface area contributed by atoms with Crippen LogP contribution in [0.5, 0.6) is 0 Å². The average molecular weight is 569 g/mol. The van der Waals surface area contributed by atoms with E-state index in [9.17, 15) is 29.3 Å². The van der Waals surface area contributed by atoms with E-state index in [-0.39, 0.29) is 35.9 Å². The Morgan fingerprint density at radius 2 is 1.90 bits per heavy atom. The average Bonchev–Trinajstić information content (AvgIpc) is 3.59. The predicted molar refractivity (Wildman–Crippen MR) is 129 cm³/mol. The monoisotopic (exact) mass is 569 g/mol. The SMILES string of the molecule is C=Nc1ncn(C2CC(OP(=O)(O)OC[C@H]3O[C@@H](n4cnc5c(=O)[nH]c(N)nc54)CC3O)[C@@H](CO)O2)c(=O)n1. The lowest BCUT2D eigenvalue weighted by atomic mass is 10.2. The Morgan fingerprint density at radius 3 is 2.62 bits per heavy atom. The molecule has 0 bridgehead atoms. The second kappa shape index (κ2) is 10.6. The summed E-state index contributed by atoms with van der Waals surface area (Å²) < 4.78 is 36.7. The number of nitrogens with two attached hydrogens (primary N) is 1. The Labute approximate surface area is 217 Å². The number of imidazole rings is 1. The van der Waals surface area contributed by atoms with Crippen LogP contribution in [-0.2, 0) is 23.1 Å². The number of aromatic nitrogens is 7. The van der Waals surface area contributed by atoms with Gasteiger partial charge in [0, 0.05) is 12.8 Å². The minimum absolute atomic E-state index is 0.0212. The molecule has 0 aliphatic carbocycles. The van der Waals surface area contributed by atoms with Gasteiger partial charge < -0.3 is 30.3 Å². The van der Waals surface area contributed by atoms with E-state index in [1.54, 1.807) is 0 Å². The number of H-pyrrole nitrogens is 1. The van der Waals surface area contributed by atoms with Crippen molar-refractivity contribution in [2.75, 3.05) is 18.9 Å². The number of rotatable bonds is 9. The minimum Gasteiger partial charge on any atom is -0.394 e. The summed E-state index contributed by atoms with van der Waals surface area (Å²) in [5, 5.41) is 20.1. The largest absolute Gasteiger partial charge is 0.472 e. The molecular formula is C19H24N9O10P. The van der Waals surface area contributed by atoms with Gasteiger partial charge in [0.2, 0.25) is 5.95 Å². The van der Waals surface area contributed by atoms with Gasteiger partial charge in [0.25, 0.3) is 11.5 Å². The van der Waals surface area contributed by atoms with Crippen LogP contribution in [-0.4, -0.2) is 93.5 Å². The topological polar surface area (TPSA) is 264 Å². The number of phosphoric ester groups is 1. The molecule has 2 aliphatic rings. The van der Waals surface area contributed by atoms with E-state index < -0.39 is 69.2 Å². The van der Waals surface area contributed by atoms with Gasteiger partial charge in [-0.15, -0.1) is 0 Å². The number of aliphatic hydroxyl groups is 2. The molecule has 0 amide bonds. The fourth-order valence-corrected chi connectivity index (χ4v) is 5.27. The maximum absolute atomic E-state index is 12.7. The molecule has 0 spiro atoms. The molecule has 20 heteroatoms. The van der Waals surface area contributed by atoms with E-state index >= 15 is 0 Å². The fourth-order valence-electron chi connectivity index (χ4n) is 4.31.